The Morgan fingerprint density at radius 3 is 2.29 bits per heavy atom. The van der Waals surface area contributed by atoms with Crippen molar-refractivity contribution in [1.82, 2.24) is 0 Å². The van der Waals surface area contributed by atoms with Crippen molar-refractivity contribution < 1.29 is 28.1 Å². The van der Waals surface area contributed by atoms with Gasteiger partial charge < -0.3 is 18.5 Å². The molecule has 2 rings (SSSR count). The van der Waals surface area contributed by atoms with Gasteiger partial charge in [0.15, 0.2) is 5.76 Å². The molecule has 0 spiro atoms. The molecule has 2 heterocycles. The minimum Gasteiger partial charge on any atom is -0.469 e. The number of carbonyl (C=O) groups excluding carboxylic acids is 2. The Bertz CT molecular complexity index is 544. The van der Waals surface area contributed by atoms with Crippen molar-refractivity contribution in [2.24, 2.45) is 0 Å². The molecule has 7 heteroatoms. The number of esters is 1. The van der Waals surface area contributed by atoms with E-state index >= 15 is 0 Å². The van der Waals surface area contributed by atoms with Crippen molar-refractivity contribution in [3.63, 3.8) is 0 Å². The highest BCUT2D eigenvalue weighted by atomic mass is 16.7. The number of Topliss-reactive ketones (excluding diaryl/α,β-unsaturated/α-hetero) is 1. The van der Waals surface area contributed by atoms with Gasteiger partial charge in [-0.25, -0.2) is 0 Å². The van der Waals surface area contributed by atoms with Gasteiger partial charge in [-0.3, -0.25) is 9.59 Å². The highest BCUT2D eigenvalue weighted by molar-refractivity contribution is 6.62. The Hall–Kier alpha value is -1.60. The minimum absolute atomic E-state index is 0.0881. The number of rotatable bonds is 4. The third-order valence-corrected chi connectivity index (χ3v) is 3.95. The van der Waals surface area contributed by atoms with E-state index in [-0.39, 0.29) is 12.2 Å². The quantitative estimate of drug-likeness (QED) is 0.361. The van der Waals surface area contributed by atoms with E-state index in [1.807, 2.05) is 27.7 Å². The lowest BCUT2D eigenvalue weighted by Gasteiger charge is -2.32. The zero-order valence-corrected chi connectivity index (χ0v) is 12.9. The molecule has 0 bridgehead atoms. The Morgan fingerprint density at radius 2 is 1.76 bits per heavy atom. The van der Waals surface area contributed by atoms with Gasteiger partial charge in [-0.1, -0.05) is 0 Å². The Kier molecular flexibility index (Phi) is 3.99. The number of hydrogen-bond acceptors (Lipinski definition) is 6. The van der Waals surface area contributed by atoms with Crippen LogP contribution in [0.15, 0.2) is 16.7 Å². The molecule has 1 aromatic heterocycles. The standard InChI is InChI=1S/C14H19BO6/c1-13(2)14(3,4)21-15(20-13)9-6-11(19-8-9)10(16)7-12(17)18-5/h6,8H,7H2,1-5H3. The van der Waals surface area contributed by atoms with Crippen molar-refractivity contribution in [2.75, 3.05) is 7.11 Å². The lowest BCUT2D eigenvalue weighted by molar-refractivity contribution is -0.139. The van der Waals surface area contributed by atoms with Gasteiger partial charge in [0, 0.05) is 5.46 Å². The summed E-state index contributed by atoms with van der Waals surface area (Å²) in [5.41, 5.74) is -0.321. The number of hydrogen-bond donors (Lipinski definition) is 0. The van der Waals surface area contributed by atoms with Crippen LogP contribution >= 0.6 is 0 Å². The molecule has 1 aliphatic rings. The molecule has 0 aliphatic carbocycles. The lowest BCUT2D eigenvalue weighted by atomic mass is 9.81. The second kappa shape index (κ2) is 5.31. The molecule has 0 saturated carbocycles. The Labute approximate surface area is 123 Å². The largest absolute Gasteiger partial charge is 0.498 e. The monoisotopic (exact) mass is 294 g/mol. The predicted octanol–water partition coefficient (Wildman–Crippen LogP) is 1.32. The fourth-order valence-corrected chi connectivity index (χ4v) is 1.89. The predicted molar refractivity (Wildman–Crippen MR) is 75.4 cm³/mol. The van der Waals surface area contributed by atoms with Crippen LogP contribution in [0.25, 0.3) is 0 Å². The maximum absolute atomic E-state index is 11.8. The van der Waals surface area contributed by atoms with E-state index in [0.29, 0.717) is 5.46 Å². The van der Waals surface area contributed by atoms with Gasteiger partial charge in [-0.05, 0) is 33.8 Å². The molecule has 0 atom stereocenters. The summed E-state index contributed by atoms with van der Waals surface area (Å²) in [5.74, 6) is -0.955. The van der Waals surface area contributed by atoms with E-state index < -0.39 is 30.1 Å². The first-order valence-corrected chi connectivity index (χ1v) is 6.70. The summed E-state index contributed by atoms with van der Waals surface area (Å²) in [6, 6.07) is 1.54. The summed E-state index contributed by atoms with van der Waals surface area (Å²) < 4.78 is 21.4. The molecule has 1 aromatic rings. The molecule has 21 heavy (non-hydrogen) atoms. The summed E-state index contributed by atoms with van der Waals surface area (Å²) in [4.78, 5) is 22.9. The maximum Gasteiger partial charge on any atom is 0.498 e. The Balaban J connectivity index is 2.11. The highest BCUT2D eigenvalue weighted by Gasteiger charge is 2.52. The van der Waals surface area contributed by atoms with Crippen molar-refractivity contribution in [3.05, 3.63) is 18.1 Å². The molecule has 0 amide bonds. The molecule has 1 fully saturated rings. The third kappa shape index (κ3) is 3.03. The van der Waals surface area contributed by atoms with E-state index in [2.05, 4.69) is 4.74 Å². The number of ether oxygens (including phenoxy) is 1. The van der Waals surface area contributed by atoms with Gasteiger partial charge in [-0.15, -0.1) is 0 Å². The van der Waals surface area contributed by atoms with Crippen LogP contribution in [0.3, 0.4) is 0 Å². The minimum atomic E-state index is -0.603. The first kappa shape index (κ1) is 15.8. The van der Waals surface area contributed by atoms with E-state index in [0.717, 1.165) is 0 Å². The van der Waals surface area contributed by atoms with Gasteiger partial charge in [0.05, 0.1) is 24.6 Å². The van der Waals surface area contributed by atoms with Gasteiger partial charge in [-0.2, -0.15) is 0 Å². The summed E-state index contributed by atoms with van der Waals surface area (Å²) in [6.45, 7) is 7.76. The summed E-state index contributed by atoms with van der Waals surface area (Å²) in [7, 11) is 0.631. The molecule has 0 aromatic carbocycles. The zero-order chi connectivity index (χ0) is 15.8. The van der Waals surface area contributed by atoms with Gasteiger partial charge in [0.1, 0.15) is 6.42 Å². The average Bonchev–Trinajstić information content (AvgIpc) is 2.93. The first-order chi connectivity index (χ1) is 9.66. The van der Waals surface area contributed by atoms with E-state index in [4.69, 9.17) is 13.7 Å². The molecule has 1 aliphatic heterocycles. The maximum atomic E-state index is 11.8. The molecule has 6 nitrogen and oxygen atoms in total. The molecule has 1 saturated heterocycles. The normalized spacial score (nSPS) is 19.6. The summed E-state index contributed by atoms with van der Waals surface area (Å²) in [6.07, 6.45) is 1.06. The molecule has 0 radical (unpaired) electrons. The van der Waals surface area contributed by atoms with Crippen molar-refractivity contribution >= 4 is 24.3 Å². The Morgan fingerprint density at radius 1 is 1.19 bits per heavy atom. The number of methoxy groups -OCH3 is 1. The molecular weight excluding hydrogens is 275 g/mol. The topological polar surface area (TPSA) is 75.0 Å². The SMILES string of the molecule is COC(=O)CC(=O)c1cc(B2OC(C)(C)C(C)(C)O2)co1. The molecule has 0 unspecified atom stereocenters. The van der Waals surface area contributed by atoms with Crippen molar-refractivity contribution in [2.45, 2.75) is 45.3 Å². The smallest absolute Gasteiger partial charge is 0.469 e. The van der Waals surface area contributed by atoms with Gasteiger partial charge in [0.25, 0.3) is 0 Å². The van der Waals surface area contributed by atoms with Crippen molar-refractivity contribution in [3.8, 4) is 0 Å². The average molecular weight is 294 g/mol. The van der Waals surface area contributed by atoms with E-state index in [1.165, 1.54) is 19.4 Å². The molecule has 0 N–H and O–H groups in total. The molecule has 114 valence electrons. The van der Waals surface area contributed by atoms with Crippen LogP contribution in [0, 0.1) is 0 Å². The summed E-state index contributed by atoms with van der Waals surface area (Å²) in [5, 5.41) is 0. The van der Waals surface area contributed by atoms with E-state index in [9.17, 15) is 9.59 Å². The van der Waals surface area contributed by atoms with Crippen LogP contribution in [0.1, 0.15) is 44.7 Å². The third-order valence-electron chi connectivity index (χ3n) is 3.95. The van der Waals surface area contributed by atoms with E-state index in [1.54, 1.807) is 0 Å². The van der Waals surface area contributed by atoms with Crippen LogP contribution in [0.2, 0.25) is 0 Å². The first-order valence-electron chi connectivity index (χ1n) is 6.70. The highest BCUT2D eigenvalue weighted by Crippen LogP contribution is 2.36. The van der Waals surface area contributed by atoms with Crippen LogP contribution in [0.4, 0.5) is 0 Å². The second-order valence-corrected chi connectivity index (χ2v) is 6.01. The lowest BCUT2D eigenvalue weighted by Crippen LogP contribution is -2.41. The molecular formula is C14H19BO6. The van der Waals surface area contributed by atoms with Crippen LogP contribution < -0.4 is 5.46 Å². The number of furan rings is 1. The van der Waals surface area contributed by atoms with Gasteiger partial charge in [0.2, 0.25) is 5.78 Å². The van der Waals surface area contributed by atoms with Crippen LogP contribution in [-0.2, 0) is 18.8 Å². The van der Waals surface area contributed by atoms with Crippen LogP contribution in [-0.4, -0.2) is 37.2 Å². The second-order valence-electron chi connectivity index (χ2n) is 6.01. The number of ketones is 1. The summed E-state index contributed by atoms with van der Waals surface area (Å²) >= 11 is 0. The fourth-order valence-electron chi connectivity index (χ4n) is 1.89. The van der Waals surface area contributed by atoms with Crippen LogP contribution in [0.5, 0.6) is 0 Å². The van der Waals surface area contributed by atoms with Gasteiger partial charge >= 0.3 is 13.1 Å². The van der Waals surface area contributed by atoms with Crippen molar-refractivity contribution in [1.29, 1.82) is 0 Å². The number of carbonyl (C=O) groups is 2. The zero-order valence-electron chi connectivity index (χ0n) is 12.9. The fraction of sp³-hybridized carbons (Fsp3) is 0.571.